The average Bonchev–Trinajstić information content (AvgIpc) is 2.28. The predicted molar refractivity (Wildman–Crippen MR) is 69.2 cm³/mol. The summed E-state index contributed by atoms with van der Waals surface area (Å²) in [4.78, 5) is 12.2. The van der Waals surface area contributed by atoms with Gasteiger partial charge in [0.1, 0.15) is 0 Å². The molecule has 1 rings (SSSR count). The lowest BCUT2D eigenvalue weighted by Crippen LogP contribution is -2.21. The van der Waals surface area contributed by atoms with E-state index in [-0.39, 0.29) is 24.1 Å². The number of nitro benzene ring substituents is 1. The molecular weight excluding hydrogens is 236 g/mol. The fourth-order valence-electron chi connectivity index (χ4n) is 1.52. The van der Waals surface area contributed by atoms with Gasteiger partial charge in [0, 0.05) is 31.4 Å². The SMILES string of the molecule is CC(C)Oc1cc(N(C)CCO)ccc1[N+](=O)[O-]. The van der Waals surface area contributed by atoms with Gasteiger partial charge >= 0.3 is 5.69 Å². The molecule has 0 aliphatic carbocycles. The predicted octanol–water partition coefficient (Wildman–Crippen LogP) is 1.81. The molecule has 100 valence electrons. The van der Waals surface area contributed by atoms with Crippen molar-refractivity contribution in [3.05, 3.63) is 28.3 Å². The number of benzene rings is 1. The Morgan fingerprint density at radius 2 is 2.17 bits per heavy atom. The van der Waals surface area contributed by atoms with E-state index in [1.54, 1.807) is 24.1 Å². The molecule has 0 saturated heterocycles. The molecule has 0 atom stereocenters. The summed E-state index contributed by atoms with van der Waals surface area (Å²) < 4.78 is 5.44. The van der Waals surface area contributed by atoms with Crippen molar-refractivity contribution in [2.24, 2.45) is 0 Å². The first-order chi connectivity index (χ1) is 8.45. The van der Waals surface area contributed by atoms with Gasteiger partial charge in [-0.1, -0.05) is 0 Å². The van der Waals surface area contributed by atoms with Crippen LogP contribution in [-0.2, 0) is 0 Å². The molecule has 0 aromatic heterocycles. The molecule has 0 fully saturated rings. The summed E-state index contributed by atoms with van der Waals surface area (Å²) in [7, 11) is 1.80. The number of likely N-dealkylation sites (N-methyl/N-ethyl adjacent to an activating group) is 1. The Hall–Kier alpha value is -1.82. The minimum Gasteiger partial charge on any atom is -0.484 e. The monoisotopic (exact) mass is 254 g/mol. The second-order valence-electron chi connectivity index (χ2n) is 4.22. The first-order valence-corrected chi connectivity index (χ1v) is 5.72. The van der Waals surface area contributed by atoms with Crippen LogP contribution in [0.1, 0.15) is 13.8 Å². The van der Waals surface area contributed by atoms with Crippen LogP contribution in [0.2, 0.25) is 0 Å². The Kier molecular flexibility index (Phi) is 4.91. The number of nitro groups is 1. The summed E-state index contributed by atoms with van der Waals surface area (Å²) in [6.45, 7) is 4.11. The van der Waals surface area contributed by atoms with Crippen LogP contribution in [0.25, 0.3) is 0 Å². The van der Waals surface area contributed by atoms with E-state index < -0.39 is 4.92 Å². The van der Waals surface area contributed by atoms with Gasteiger partial charge in [-0.15, -0.1) is 0 Å². The van der Waals surface area contributed by atoms with Gasteiger partial charge in [-0.3, -0.25) is 10.1 Å². The molecule has 6 nitrogen and oxygen atoms in total. The van der Waals surface area contributed by atoms with Crippen molar-refractivity contribution >= 4 is 11.4 Å². The topological polar surface area (TPSA) is 75.8 Å². The standard InChI is InChI=1S/C12H18N2O4/c1-9(2)18-12-8-10(13(3)6-7-15)4-5-11(12)14(16)17/h4-5,8-9,15H,6-7H2,1-3H3. The van der Waals surface area contributed by atoms with Crippen LogP contribution in [0.4, 0.5) is 11.4 Å². The van der Waals surface area contributed by atoms with Gasteiger partial charge in [-0.05, 0) is 19.9 Å². The maximum Gasteiger partial charge on any atom is 0.311 e. The van der Waals surface area contributed by atoms with Crippen LogP contribution in [0.3, 0.4) is 0 Å². The van der Waals surface area contributed by atoms with Gasteiger partial charge in [0.25, 0.3) is 0 Å². The van der Waals surface area contributed by atoms with E-state index in [1.807, 2.05) is 13.8 Å². The molecule has 18 heavy (non-hydrogen) atoms. The molecule has 0 heterocycles. The van der Waals surface area contributed by atoms with Crippen LogP contribution in [0.15, 0.2) is 18.2 Å². The van der Waals surface area contributed by atoms with Crippen LogP contribution in [-0.4, -0.2) is 36.3 Å². The van der Waals surface area contributed by atoms with Crippen molar-refractivity contribution in [2.45, 2.75) is 20.0 Å². The summed E-state index contributed by atoms with van der Waals surface area (Å²) >= 11 is 0. The third-order valence-corrected chi connectivity index (χ3v) is 2.38. The quantitative estimate of drug-likeness (QED) is 0.619. The molecule has 0 radical (unpaired) electrons. The first-order valence-electron chi connectivity index (χ1n) is 5.72. The lowest BCUT2D eigenvalue weighted by Gasteiger charge is -2.19. The van der Waals surface area contributed by atoms with Gasteiger partial charge in [0.15, 0.2) is 5.75 Å². The van der Waals surface area contributed by atoms with Gasteiger partial charge in [0.05, 0.1) is 17.6 Å². The van der Waals surface area contributed by atoms with E-state index in [0.29, 0.717) is 6.54 Å². The highest BCUT2D eigenvalue weighted by molar-refractivity contribution is 5.59. The van der Waals surface area contributed by atoms with E-state index in [4.69, 9.17) is 9.84 Å². The number of rotatable bonds is 6. The van der Waals surface area contributed by atoms with Gasteiger partial charge in [-0.25, -0.2) is 0 Å². The van der Waals surface area contributed by atoms with Crippen molar-refractivity contribution in [1.29, 1.82) is 0 Å². The number of anilines is 1. The highest BCUT2D eigenvalue weighted by Gasteiger charge is 2.17. The van der Waals surface area contributed by atoms with Crippen molar-refractivity contribution in [2.75, 3.05) is 25.1 Å². The van der Waals surface area contributed by atoms with Gasteiger partial charge < -0.3 is 14.7 Å². The summed E-state index contributed by atoms with van der Waals surface area (Å²) in [5.41, 5.74) is 0.718. The van der Waals surface area contributed by atoms with E-state index in [9.17, 15) is 10.1 Å². The molecule has 0 amide bonds. The number of hydrogen-bond acceptors (Lipinski definition) is 5. The lowest BCUT2D eigenvalue weighted by molar-refractivity contribution is -0.386. The largest absolute Gasteiger partial charge is 0.484 e. The van der Waals surface area contributed by atoms with Crippen molar-refractivity contribution in [1.82, 2.24) is 0 Å². The second-order valence-corrected chi connectivity index (χ2v) is 4.22. The first kappa shape index (κ1) is 14.2. The number of ether oxygens (including phenoxy) is 1. The van der Waals surface area contributed by atoms with Crippen LogP contribution in [0, 0.1) is 10.1 Å². The molecule has 0 aliphatic heterocycles. The molecule has 1 aromatic carbocycles. The molecule has 0 aliphatic rings. The normalized spacial score (nSPS) is 10.5. The Labute approximate surface area is 106 Å². The van der Waals surface area contributed by atoms with Gasteiger partial charge in [-0.2, -0.15) is 0 Å². The van der Waals surface area contributed by atoms with Crippen molar-refractivity contribution < 1.29 is 14.8 Å². The Morgan fingerprint density at radius 1 is 1.50 bits per heavy atom. The molecular formula is C12H18N2O4. The Bertz CT molecular complexity index is 421. The molecule has 0 saturated carbocycles. The molecule has 1 aromatic rings. The highest BCUT2D eigenvalue weighted by Crippen LogP contribution is 2.32. The molecule has 6 heteroatoms. The number of aliphatic hydroxyl groups excluding tert-OH is 1. The summed E-state index contributed by atoms with van der Waals surface area (Å²) in [5, 5.41) is 19.8. The van der Waals surface area contributed by atoms with E-state index >= 15 is 0 Å². The Morgan fingerprint density at radius 3 is 2.67 bits per heavy atom. The summed E-state index contributed by atoms with van der Waals surface area (Å²) in [6, 6.07) is 4.68. The molecule has 0 spiro atoms. The third-order valence-electron chi connectivity index (χ3n) is 2.38. The van der Waals surface area contributed by atoms with E-state index in [1.165, 1.54) is 6.07 Å². The molecule has 0 bridgehead atoms. The van der Waals surface area contributed by atoms with E-state index in [0.717, 1.165) is 5.69 Å². The summed E-state index contributed by atoms with van der Waals surface area (Å²) in [6.07, 6.45) is -0.137. The number of aliphatic hydroxyl groups is 1. The maximum absolute atomic E-state index is 10.9. The van der Waals surface area contributed by atoms with Crippen molar-refractivity contribution in [3.8, 4) is 5.75 Å². The smallest absolute Gasteiger partial charge is 0.311 e. The number of hydrogen-bond donors (Lipinski definition) is 1. The minimum atomic E-state index is -0.465. The molecule has 0 unspecified atom stereocenters. The maximum atomic E-state index is 10.9. The van der Waals surface area contributed by atoms with Crippen molar-refractivity contribution in [3.63, 3.8) is 0 Å². The summed E-state index contributed by atoms with van der Waals surface area (Å²) in [5.74, 6) is 0.247. The zero-order valence-electron chi connectivity index (χ0n) is 10.8. The second kappa shape index (κ2) is 6.20. The average molecular weight is 254 g/mol. The zero-order valence-corrected chi connectivity index (χ0v) is 10.8. The van der Waals surface area contributed by atoms with Gasteiger partial charge in [0.2, 0.25) is 0 Å². The molecule has 1 N–H and O–H groups in total. The Balaban J connectivity index is 3.08. The van der Waals surface area contributed by atoms with E-state index in [2.05, 4.69) is 0 Å². The zero-order chi connectivity index (χ0) is 13.7. The van der Waals surface area contributed by atoms with Crippen LogP contribution < -0.4 is 9.64 Å². The fourth-order valence-corrected chi connectivity index (χ4v) is 1.52. The highest BCUT2D eigenvalue weighted by atomic mass is 16.6. The minimum absolute atomic E-state index is 0.0217. The van der Waals surface area contributed by atoms with Crippen LogP contribution >= 0.6 is 0 Å². The lowest BCUT2D eigenvalue weighted by atomic mass is 10.2. The fraction of sp³-hybridized carbons (Fsp3) is 0.500. The third kappa shape index (κ3) is 3.59. The number of nitrogens with zero attached hydrogens (tertiary/aromatic N) is 2. The van der Waals surface area contributed by atoms with Crippen LogP contribution in [0.5, 0.6) is 5.75 Å².